The molecule has 8 aromatic rings. The molecule has 4 aliphatic rings. The van der Waals surface area contributed by atoms with Crippen molar-refractivity contribution in [3.63, 3.8) is 0 Å². The average molecular weight is 844 g/mol. The summed E-state index contributed by atoms with van der Waals surface area (Å²) in [5.74, 6) is 0. The highest BCUT2D eigenvalue weighted by atomic mass is 79.9. The molecule has 4 aliphatic heterocycles. The number of benzene rings is 8. The molecule has 56 heavy (non-hydrogen) atoms. The Bertz CT molecular complexity index is 2530. The van der Waals surface area contributed by atoms with E-state index >= 15 is 0 Å². The topological polar surface area (TPSA) is 6.48 Å². The minimum Gasteiger partial charge on any atom is -0.376 e. The molecule has 0 amide bonds. The summed E-state index contributed by atoms with van der Waals surface area (Å²) in [7, 11) is 0. The Morgan fingerprint density at radius 3 is 0.946 bits per heavy atom. The molecule has 0 unspecified atom stereocenters. The lowest BCUT2D eigenvalue weighted by atomic mass is 9.43. The van der Waals surface area contributed by atoms with E-state index in [1.54, 1.807) is 0 Å². The summed E-state index contributed by atoms with van der Waals surface area (Å²) in [6, 6.07) is 62.4. The molecule has 8 aromatic carbocycles. The van der Waals surface area contributed by atoms with Crippen LogP contribution in [0.1, 0.15) is 11.1 Å². The Morgan fingerprint density at radius 1 is 0.321 bits per heavy atom. The van der Waals surface area contributed by atoms with Crippen molar-refractivity contribution in [3.8, 4) is 44.5 Å². The number of aryl methyl sites for hydroxylation is 2. The summed E-state index contributed by atoms with van der Waals surface area (Å²) in [5.41, 5.74) is 23.7. The van der Waals surface area contributed by atoms with E-state index in [9.17, 15) is 0 Å². The van der Waals surface area contributed by atoms with E-state index in [1.165, 1.54) is 100 Å². The highest BCUT2D eigenvalue weighted by molar-refractivity contribution is 9.10. The van der Waals surface area contributed by atoms with Gasteiger partial charge in [-0.15, -0.1) is 0 Å². The van der Waals surface area contributed by atoms with Gasteiger partial charge in [-0.05, 0) is 119 Å². The summed E-state index contributed by atoms with van der Waals surface area (Å²) in [6.07, 6.45) is 0. The first-order valence-corrected chi connectivity index (χ1v) is 20.8. The summed E-state index contributed by atoms with van der Waals surface area (Å²) >= 11 is 7.35. The first-order chi connectivity index (χ1) is 27.4. The summed E-state index contributed by atoms with van der Waals surface area (Å²) in [4.78, 5) is 5.06. The molecule has 0 bridgehead atoms. The highest BCUT2D eigenvalue weighted by Crippen LogP contribution is 2.48. The van der Waals surface area contributed by atoms with Crippen molar-refractivity contribution in [2.24, 2.45) is 0 Å². The fraction of sp³-hybridized carbons (Fsp3) is 0.0400. The first kappa shape index (κ1) is 33.8. The Balaban J connectivity index is 0.000000130. The van der Waals surface area contributed by atoms with Crippen molar-refractivity contribution < 1.29 is 0 Å². The van der Waals surface area contributed by atoms with Gasteiger partial charge < -0.3 is 9.62 Å². The molecule has 0 saturated carbocycles. The molecule has 4 heterocycles. The minimum absolute atomic E-state index is 0.176. The van der Waals surface area contributed by atoms with Crippen molar-refractivity contribution in [2.75, 3.05) is 9.62 Å². The third-order valence-corrected chi connectivity index (χ3v) is 12.9. The second kappa shape index (κ2) is 13.0. The normalized spacial score (nSPS) is 13.2. The maximum atomic E-state index is 3.67. The van der Waals surface area contributed by atoms with Crippen LogP contribution in [0.15, 0.2) is 179 Å². The van der Waals surface area contributed by atoms with E-state index in [1.807, 2.05) is 0 Å². The van der Waals surface area contributed by atoms with Crippen LogP contribution in [0.5, 0.6) is 0 Å². The van der Waals surface area contributed by atoms with Gasteiger partial charge in [-0.3, -0.25) is 0 Å². The van der Waals surface area contributed by atoms with Gasteiger partial charge in [0.05, 0.1) is 0 Å². The second-order valence-corrected chi connectivity index (χ2v) is 17.1. The van der Waals surface area contributed by atoms with Gasteiger partial charge in [0, 0.05) is 53.9 Å². The van der Waals surface area contributed by atoms with Crippen LogP contribution in [0.3, 0.4) is 0 Å². The van der Waals surface area contributed by atoms with Crippen molar-refractivity contribution >= 4 is 90.2 Å². The monoisotopic (exact) mass is 842 g/mol. The Hall–Kier alpha value is -5.55. The molecule has 0 aromatic heterocycles. The third kappa shape index (κ3) is 5.09. The maximum absolute atomic E-state index is 3.67. The van der Waals surface area contributed by atoms with E-state index in [2.05, 4.69) is 225 Å². The van der Waals surface area contributed by atoms with Gasteiger partial charge in [-0.2, -0.15) is 0 Å². The SMILES string of the molecule is Brc1ccc2c(c1)-c1ccccc1B1c3ccccc3-c3cc(Br)ccc3N12.Cc1ccc2c(c1)-c1ccccc1B1c3ccccc3-c3cc(C)ccc3N12. The predicted molar refractivity (Wildman–Crippen MR) is 247 cm³/mol. The Labute approximate surface area is 345 Å². The number of hydrogen-bond donors (Lipinski definition) is 0. The molecule has 0 spiro atoms. The molecule has 0 N–H and O–H groups in total. The molecule has 0 aliphatic carbocycles. The van der Waals surface area contributed by atoms with Gasteiger partial charge in [-0.1, -0.05) is 152 Å². The lowest BCUT2D eigenvalue weighted by Crippen LogP contribution is -2.59. The van der Waals surface area contributed by atoms with Crippen LogP contribution < -0.4 is 31.5 Å². The predicted octanol–water partition coefficient (Wildman–Crippen LogP) is 11.3. The first-order valence-electron chi connectivity index (χ1n) is 19.2. The number of nitrogens with zero attached hydrogens (tertiary/aromatic N) is 2. The van der Waals surface area contributed by atoms with Crippen LogP contribution in [-0.4, -0.2) is 13.7 Å². The zero-order valence-electron chi connectivity index (χ0n) is 31.0. The van der Waals surface area contributed by atoms with Gasteiger partial charge in [0.15, 0.2) is 0 Å². The van der Waals surface area contributed by atoms with Crippen LogP contribution in [0.2, 0.25) is 0 Å². The van der Waals surface area contributed by atoms with Crippen molar-refractivity contribution in [1.29, 1.82) is 0 Å². The quantitative estimate of drug-likeness (QED) is 0.140. The van der Waals surface area contributed by atoms with E-state index in [0.717, 1.165) is 8.95 Å². The van der Waals surface area contributed by atoms with Gasteiger partial charge in [-0.25, -0.2) is 0 Å². The van der Waals surface area contributed by atoms with Crippen molar-refractivity contribution in [2.45, 2.75) is 13.8 Å². The van der Waals surface area contributed by atoms with Crippen molar-refractivity contribution in [1.82, 2.24) is 0 Å². The Kier molecular flexibility index (Phi) is 7.84. The van der Waals surface area contributed by atoms with Crippen molar-refractivity contribution in [3.05, 3.63) is 190 Å². The highest BCUT2D eigenvalue weighted by Gasteiger charge is 2.43. The molecule has 264 valence electrons. The Morgan fingerprint density at radius 2 is 0.607 bits per heavy atom. The van der Waals surface area contributed by atoms with E-state index in [0.29, 0.717) is 0 Å². The fourth-order valence-corrected chi connectivity index (χ4v) is 10.4. The molecule has 0 fully saturated rings. The third-order valence-electron chi connectivity index (χ3n) is 12.0. The fourth-order valence-electron chi connectivity index (χ4n) is 9.65. The molecule has 0 radical (unpaired) electrons. The molecular formula is C50H34B2Br2N2. The van der Waals surface area contributed by atoms with Gasteiger partial charge in [0.25, 0.3) is 0 Å². The standard InChI is InChI=1S/C26H20BN.C24H14BBr2N/c1-17-11-13-25-21(15-17)19-7-3-5-9-23(19)27-24-10-6-4-8-20(24)22-16-18(2)12-14-26(22)28(25)27;26-15-9-11-23-19(13-15)17-5-1-3-7-21(17)25-22-8-4-2-6-18(22)20-14-16(27)10-12-24(20)28(23)25/h3-16H,1-2H3;1-14H. The van der Waals surface area contributed by atoms with E-state index < -0.39 is 0 Å². The zero-order chi connectivity index (χ0) is 37.7. The van der Waals surface area contributed by atoms with E-state index in [4.69, 9.17) is 0 Å². The molecule has 0 saturated heterocycles. The number of hydrogen-bond acceptors (Lipinski definition) is 2. The van der Waals surface area contributed by atoms with E-state index in [-0.39, 0.29) is 13.7 Å². The minimum atomic E-state index is 0.176. The van der Waals surface area contributed by atoms with Gasteiger partial charge in [0.1, 0.15) is 0 Å². The number of anilines is 4. The summed E-state index contributed by atoms with van der Waals surface area (Å²) in [6.45, 7) is 4.74. The lowest BCUT2D eigenvalue weighted by molar-refractivity contribution is 1.32. The number of rotatable bonds is 0. The van der Waals surface area contributed by atoms with Gasteiger partial charge in [0.2, 0.25) is 0 Å². The average Bonchev–Trinajstić information content (AvgIpc) is 3.23. The summed E-state index contributed by atoms with van der Waals surface area (Å²) < 4.78 is 2.21. The van der Waals surface area contributed by atoms with Crippen LogP contribution in [0, 0.1) is 13.8 Å². The number of halogens is 2. The van der Waals surface area contributed by atoms with Gasteiger partial charge >= 0.3 is 13.7 Å². The smallest absolute Gasteiger partial charge is 0.329 e. The lowest BCUT2D eigenvalue weighted by Gasteiger charge is -2.43. The second-order valence-electron chi connectivity index (χ2n) is 15.3. The largest absolute Gasteiger partial charge is 0.376 e. The van der Waals surface area contributed by atoms with Crippen LogP contribution in [0.25, 0.3) is 44.5 Å². The molecule has 12 rings (SSSR count). The number of fused-ring (bicyclic) bond motifs is 22. The molecule has 0 atom stereocenters. The van der Waals surface area contributed by atoms with Crippen LogP contribution >= 0.6 is 31.9 Å². The van der Waals surface area contributed by atoms with Crippen LogP contribution in [-0.2, 0) is 0 Å². The van der Waals surface area contributed by atoms with Crippen LogP contribution in [0.4, 0.5) is 22.7 Å². The molecule has 2 nitrogen and oxygen atoms in total. The zero-order valence-corrected chi connectivity index (χ0v) is 34.1. The maximum Gasteiger partial charge on any atom is 0.329 e. The summed E-state index contributed by atoms with van der Waals surface area (Å²) in [5, 5.41) is 0. The molecule has 6 heteroatoms. The molecular weight excluding hydrogens is 810 g/mol.